The number of dihydropyridines is 1. The molecule has 1 aliphatic carbocycles. The highest BCUT2D eigenvalue weighted by atomic mass is 19.1. The van der Waals surface area contributed by atoms with E-state index in [0.29, 0.717) is 18.0 Å². The Morgan fingerprint density at radius 1 is 1.33 bits per heavy atom. The van der Waals surface area contributed by atoms with E-state index >= 15 is 0 Å². The van der Waals surface area contributed by atoms with Crippen LogP contribution in [0, 0.1) is 5.92 Å². The molecule has 3 rings (SSSR count). The zero-order valence-corrected chi connectivity index (χ0v) is 15.0. The van der Waals surface area contributed by atoms with Gasteiger partial charge in [-0.2, -0.15) is 0 Å². The van der Waals surface area contributed by atoms with E-state index in [9.17, 15) is 14.0 Å². The monoisotopic (exact) mass is 370 g/mol. The van der Waals surface area contributed by atoms with E-state index in [2.05, 4.69) is 10.3 Å². The summed E-state index contributed by atoms with van der Waals surface area (Å²) in [5.74, 6) is -1.91. The summed E-state index contributed by atoms with van der Waals surface area (Å²) < 4.78 is 24.0. The van der Waals surface area contributed by atoms with Gasteiger partial charge in [0.15, 0.2) is 0 Å². The van der Waals surface area contributed by atoms with Crippen LogP contribution in [0.4, 0.5) is 4.39 Å². The molecule has 6 nitrogen and oxygen atoms in total. The second kappa shape index (κ2) is 7.99. The van der Waals surface area contributed by atoms with Gasteiger partial charge in [-0.05, 0) is 42.8 Å². The molecule has 1 aromatic rings. The summed E-state index contributed by atoms with van der Waals surface area (Å²) in [5, 5.41) is 3.11. The highest BCUT2D eigenvalue weighted by Crippen LogP contribution is 2.29. The van der Waals surface area contributed by atoms with Gasteiger partial charge in [-0.1, -0.05) is 12.1 Å². The SMILES string of the molecule is CCOC(=O)C1=C(NCc2cccc(OC)c2)C2C=C(F)C=CC2=NC1=O. The maximum atomic E-state index is 13.8. The third-order valence-corrected chi connectivity index (χ3v) is 4.18. The smallest absolute Gasteiger partial charge is 0.345 e. The fraction of sp³-hybridized carbons (Fsp3) is 0.250. The van der Waals surface area contributed by atoms with E-state index in [1.165, 1.54) is 18.2 Å². The number of methoxy groups -OCH3 is 1. The van der Waals surface area contributed by atoms with Gasteiger partial charge in [-0.25, -0.2) is 14.2 Å². The van der Waals surface area contributed by atoms with Gasteiger partial charge in [-0.15, -0.1) is 0 Å². The molecule has 27 heavy (non-hydrogen) atoms. The highest BCUT2D eigenvalue weighted by molar-refractivity contribution is 6.24. The maximum absolute atomic E-state index is 13.8. The second-order valence-electron chi connectivity index (χ2n) is 5.92. The summed E-state index contributed by atoms with van der Waals surface area (Å²) >= 11 is 0. The minimum Gasteiger partial charge on any atom is -0.497 e. The van der Waals surface area contributed by atoms with Crippen LogP contribution in [0.15, 0.2) is 64.6 Å². The molecule has 0 saturated carbocycles. The first kappa shape index (κ1) is 18.6. The molecule has 1 amide bonds. The summed E-state index contributed by atoms with van der Waals surface area (Å²) in [6.45, 7) is 2.07. The maximum Gasteiger partial charge on any atom is 0.345 e. The predicted octanol–water partition coefficient (Wildman–Crippen LogP) is 2.62. The number of hydrogen-bond acceptors (Lipinski definition) is 5. The third kappa shape index (κ3) is 3.97. The van der Waals surface area contributed by atoms with Crippen molar-refractivity contribution < 1.29 is 23.5 Å². The van der Waals surface area contributed by atoms with E-state index in [-0.39, 0.29) is 17.9 Å². The zero-order valence-electron chi connectivity index (χ0n) is 15.0. The van der Waals surface area contributed by atoms with Gasteiger partial charge in [0.1, 0.15) is 17.1 Å². The predicted molar refractivity (Wildman–Crippen MR) is 97.8 cm³/mol. The summed E-state index contributed by atoms with van der Waals surface area (Å²) in [6.07, 6.45) is 3.99. The number of rotatable bonds is 6. The van der Waals surface area contributed by atoms with Crippen LogP contribution in [0.2, 0.25) is 0 Å². The molecule has 7 heteroatoms. The van der Waals surface area contributed by atoms with E-state index in [0.717, 1.165) is 5.56 Å². The third-order valence-electron chi connectivity index (χ3n) is 4.18. The molecule has 0 aromatic heterocycles. The van der Waals surface area contributed by atoms with Crippen LogP contribution in [0.25, 0.3) is 0 Å². The lowest BCUT2D eigenvalue weighted by Crippen LogP contribution is -2.35. The van der Waals surface area contributed by atoms with E-state index < -0.39 is 23.6 Å². The largest absolute Gasteiger partial charge is 0.497 e. The van der Waals surface area contributed by atoms with Crippen LogP contribution in [-0.2, 0) is 20.9 Å². The summed E-state index contributed by atoms with van der Waals surface area (Å²) in [4.78, 5) is 28.7. The van der Waals surface area contributed by atoms with Crippen LogP contribution in [0.1, 0.15) is 12.5 Å². The molecule has 1 aromatic carbocycles. The Kier molecular flexibility index (Phi) is 5.49. The molecule has 0 saturated heterocycles. The first-order valence-corrected chi connectivity index (χ1v) is 8.50. The number of carbonyl (C=O) groups excluding carboxylic acids is 2. The number of allylic oxidation sites excluding steroid dienone is 4. The van der Waals surface area contributed by atoms with E-state index in [4.69, 9.17) is 9.47 Å². The van der Waals surface area contributed by atoms with Crippen molar-refractivity contribution in [2.45, 2.75) is 13.5 Å². The lowest BCUT2D eigenvalue weighted by molar-refractivity contribution is -0.140. The van der Waals surface area contributed by atoms with Gasteiger partial charge >= 0.3 is 5.97 Å². The Bertz CT molecular complexity index is 899. The van der Waals surface area contributed by atoms with Gasteiger partial charge < -0.3 is 14.8 Å². The fourth-order valence-electron chi connectivity index (χ4n) is 2.93. The minimum absolute atomic E-state index is 0.115. The Hall–Kier alpha value is -3.22. The molecule has 1 N–H and O–H groups in total. The number of halogens is 1. The van der Waals surface area contributed by atoms with Gasteiger partial charge in [0, 0.05) is 12.2 Å². The fourth-order valence-corrected chi connectivity index (χ4v) is 2.93. The first-order chi connectivity index (χ1) is 13.0. The first-order valence-electron chi connectivity index (χ1n) is 8.50. The van der Waals surface area contributed by atoms with Gasteiger partial charge in [-0.3, -0.25) is 4.79 Å². The summed E-state index contributed by atoms with van der Waals surface area (Å²) in [5.41, 5.74) is 1.33. The molecular weight excluding hydrogens is 351 g/mol. The van der Waals surface area contributed by atoms with Crippen molar-refractivity contribution in [2.24, 2.45) is 10.9 Å². The van der Waals surface area contributed by atoms with E-state index in [1.807, 2.05) is 24.3 Å². The number of amides is 1. The molecule has 1 atom stereocenters. The summed E-state index contributed by atoms with van der Waals surface area (Å²) in [6, 6.07) is 7.34. The van der Waals surface area contributed by atoms with E-state index in [1.54, 1.807) is 14.0 Å². The van der Waals surface area contributed by atoms with Crippen molar-refractivity contribution in [3.05, 3.63) is 65.2 Å². The quantitative estimate of drug-likeness (QED) is 0.615. The molecule has 1 aliphatic heterocycles. The number of hydrogen-bond donors (Lipinski definition) is 1. The number of nitrogens with one attached hydrogen (secondary N) is 1. The van der Waals surface area contributed by atoms with Gasteiger partial charge in [0.2, 0.25) is 0 Å². The van der Waals surface area contributed by atoms with Crippen LogP contribution >= 0.6 is 0 Å². The number of nitrogens with zero attached hydrogens (tertiary/aromatic N) is 1. The molecule has 140 valence electrons. The Labute approximate surface area is 156 Å². The Balaban J connectivity index is 1.96. The lowest BCUT2D eigenvalue weighted by Gasteiger charge is -2.26. The lowest BCUT2D eigenvalue weighted by atomic mass is 9.88. The van der Waals surface area contributed by atoms with Crippen LogP contribution in [-0.4, -0.2) is 31.3 Å². The number of ether oxygens (including phenoxy) is 2. The van der Waals surface area contributed by atoms with Crippen molar-refractivity contribution in [1.82, 2.24) is 5.32 Å². The number of aliphatic imine (C=N–C) groups is 1. The molecule has 1 unspecified atom stereocenters. The zero-order chi connectivity index (χ0) is 19.4. The molecule has 0 fully saturated rings. The van der Waals surface area contributed by atoms with Crippen LogP contribution in [0.5, 0.6) is 5.75 Å². The molecule has 1 heterocycles. The number of fused-ring (bicyclic) bond motifs is 1. The standard InChI is InChI=1S/C20H19FN2O4/c1-3-27-20(25)17-18(22-11-12-5-4-6-14(9-12)26-2)15-10-13(21)7-8-16(15)23-19(17)24/h4-10,15,22H,3,11H2,1-2H3. The molecule has 2 aliphatic rings. The Morgan fingerprint density at radius 2 is 2.15 bits per heavy atom. The molecule has 0 radical (unpaired) electrons. The van der Waals surface area contributed by atoms with Crippen LogP contribution in [0.3, 0.4) is 0 Å². The van der Waals surface area contributed by atoms with Crippen molar-refractivity contribution in [1.29, 1.82) is 0 Å². The van der Waals surface area contributed by atoms with Gasteiger partial charge in [0.05, 0.1) is 25.3 Å². The van der Waals surface area contributed by atoms with Crippen molar-refractivity contribution in [2.75, 3.05) is 13.7 Å². The highest BCUT2D eigenvalue weighted by Gasteiger charge is 2.35. The second-order valence-corrected chi connectivity index (χ2v) is 5.92. The summed E-state index contributed by atoms with van der Waals surface area (Å²) in [7, 11) is 1.57. The topological polar surface area (TPSA) is 77.0 Å². The van der Waals surface area contributed by atoms with Crippen molar-refractivity contribution in [3.8, 4) is 5.75 Å². The normalized spacial score (nSPS) is 18.5. The number of esters is 1. The van der Waals surface area contributed by atoms with Crippen molar-refractivity contribution >= 4 is 17.6 Å². The Morgan fingerprint density at radius 3 is 2.89 bits per heavy atom. The average molecular weight is 370 g/mol. The molecule has 0 spiro atoms. The van der Waals surface area contributed by atoms with Crippen molar-refractivity contribution in [3.63, 3.8) is 0 Å². The molecule has 0 bridgehead atoms. The number of carbonyl (C=O) groups is 2. The van der Waals surface area contributed by atoms with Crippen LogP contribution < -0.4 is 10.1 Å². The average Bonchev–Trinajstić information content (AvgIpc) is 2.66. The number of benzene rings is 1. The minimum atomic E-state index is -0.776. The molecular formula is C20H19FN2O4. The van der Waals surface area contributed by atoms with Gasteiger partial charge in [0.25, 0.3) is 5.91 Å².